The van der Waals surface area contributed by atoms with Crippen LogP contribution in [0.15, 0.2) is 0 Å². The largest absolute Gasteiger partial charge is 0.383 e. The Bertz CT molecular complexity index is 201. The van der Waals surface area contributed by atoms with Gasteiger partial charge in [-0.25, -0.2) is 0 Å². The monoisotopic (exact) mass is 214 g/mol. The number of ether oxygens (including phenoxy) is 1. The maximum atomic E-state index is 12.1. The molecule has 1 aliphatic rings. The van der Waals surface area contributed by atoms with Crippen molar-refractivity contribution in [1.82, 2.24) is 10.2 Å². The molecule has 1 unspecified atom stereocenters. The summed E-state index contributed by atoms with van der Waals surface area (Å²) < 4.78 is 5.03. The number of methoxy groups -OCH3 is 1. The molecule has 0 aliphatic carbocycles. The Kier molecular flexibility index (Phi) is 5.05. The molecular weight excluding hydrogens is 192 g/mol. The van der Waals surface area contributed by atoms with Gasteiger partial charge in [0.2, 0.25) is 5.91 Å². The van der Waals surface area contributed by atoms with E-state index in [1.54, 1.807) is 7.11 Å². The quantitative estimate of drug-likeness (QED) is 0.724. The zero-order chi connectivity index (χ0) is 11.3. The average molecular weight is 214 g/mol. The predicted octanol–water partition coefficient (Wildman–Crippen LogP) is 0.479. The smallest absolute Gasteiger partial charge is 0.227 e. The second kappa shape index (κ2) is 6.08. The van der Waals surface area contributed by atoms with Crippen LogP contribution in [0, 0.1) is 5.92 Å². The topological polar surface area (TPSA) is 41.6 Å². The molecule has 1 heterocycles. The van der Waals surface area contributed by atoms with Crippen LogP contribution in [0.3, 0.4) is 0 Å². The molecule has 0 bridgehead atoms. The van der Waals surface area contributed by atoms with E-state index in [0.29, 0.717) is 13.2 Å². The molecule has 88 valence electrons. The minimum Gasteiger partial charge on any atom is -0.383 e. The van der Waals surface area contributed by atoms with Crippen LogP contribution in [-0.2, 0) is 9.53 Å². The second-order valence-electron chi connectivity index (χ2n) is 4.31. The zero-order valence-corrected chi connectivity index (χ0v) is 9.95. The predicted molar refractivity (Wildman–Crippen MR) is 59.7 cm³/mol. The molecule has 0 saturated carbocycles. The molecular formula is C11H22N2O2. The average Bonchev–Trinajstić information content (AvgIpc) is 2.70. The fourth-order valence-corrected chi connectivity index (χ4v) is 1.91. The molecule has 1 fully saturated rings. The highest BCUT2D eigenvalue weighted by molar-refractivity contribution is 5.79. The van der Waals surface area contributed by atoms with Crippen molar-refractivity contribution in [1.29, 1.82) is 0 Å². The number of carbonyl (C=O) groups is 1. The summed E-state index contributed by atoms with van der Waals surface area (Å²) in [6.07, 6.45) is 0.967. The van der Waals surface area contributed by atoms with E-state index in [-0.39, 0.29) is 17.9 Å². The van der Waals surface area contributed by atoms with Crippen molar-refractivity contribution in [3.8, 4) is 0 Å². The van der Waals surface area contributed by atoms with Gasteiger partial charge in [0.05, 0.1) is 12.5 Å². The lowest BCUT2D eigenvalue weighted by Gasteiger charge is -2.28. The molecule has 0 aromatic carbocycles. The number of nitrogens with one attached hydrogen (secondary N) is 1. The summed E-state index contributed by atoms with van der Waals surface area (Å²) in [5, 5.41) is 3.22. The fourth-order valence-electron chi connectivity index (χ4n) is 1.91. The maximum absolute atomic E-state index is 12.1. The normalized spacial score (nSPS) is 20.9. The molecule has 1 amide bonds. The molecule has 0 radical (unpaired) electrons. The van der Waals surface area contributed by atoms with Crippen LogP contribution in [0.2, 0.25) is 0 Å². The van der Waals surface area contributed by atoms with Crippen LogP contribution >= 0.6 is 0 Å². The summed E-state index contributed by atoms with van der Waals surface area (Å²) in [6.45, 7) is 7.21. The third-order valence-electron chi connectivity index (χ3n) is 2.85. The molecule has 0 aromatic rings. The first-order valence-corrected chi connectivity index (χ1v) is 5.67. The van der Waals surface area contributed by atoms with Crippen molar-refractivity contribution in [2.24, 2.45) is 5.92 Å². The van der Waals surface area contributed by atoms with Crippen LogP contribution in [0.5, 0.6) is 0 Å². The summed E-state index contributed by atoms with van der Waals surface area (Å²) in [6, 6.07) is 0.258. The summed E-state index contributed by atoms with van der Waals surface area (Å²) >= 11 is 0. The molecule has 1 rings (SSSR count). The Morgan fingerprint density at radius 3 is 2.80 bits per heavy atom. The molecule has 1 N–H and O–H groups in total. The lowest BCUT2D eigenvalue weighted by Crippen LogP contribution is -2.43. The summed E-state index contributed by atoms with van der Waals surface area (Å²) in [5.41, 5.74) is 0. The molecule has 1 aliphatic heterocycles. The standard InChI is InChI=1S/C11H22N2O2/c1-9(2)13(6-7-15-3)11(14)10-4-5-12-8-10/h9-10,12H,4-8H2,1-3H3. The number of hydrogen-bond acceptors (Lipinski definition) is 3. The van der Waals surface area contributed by atoms with Gasteiger partial charge in [0.25, 0.3) is 0 Å². The van der Waals surface area contributed by atoms with Gasteiger partial charge in [-0.15, -0.1) is 0 Å². The first kappa shape index (κ1) is 12.5. The lowest BCUT2D eigenvalue weighted by atomic mass is 10.1. The van der Waals surface area contributed by atoms with Crippen LogP contribution in [0.25, 0.3) is 0 Å². The van der Waals surface area contributed by atoms with Gasteiger partial charge in [0.1, 0.15) is 0 Å². The minimum atomic E-state index is 0.171. The Labute approximate surface area is 92.0 Å². The first-order chi connectivity index (χ1) is 7.16. The molecule has 15 heavy (non-hydrogen) atoms. The van der Waals surface area contributed by atoms with Gasteiger partial charge in [-0.1, -0.05) is 0 Å². The van der Waals surface area contributed by atoms with Crippen LogP contribution in [-0.4, -0.2) is 50.2 Å². The maximum Gasteiger partial charge on any atom is 0.227 e. The van der Waals surface area contributed by atoms with E-state index in [4.69, 9.17) is 4.74 Å². The van der Waals surface area contributed by atoms with Gasteiger partial charge in [0, 0.05) is 26.2 Å². The van der Waals surface area contributed by atoms with E-state index in [2.05, 4.69) is 19.2 Å². The Morgan fingerprint density at radius 2 is 2.33 bits per heavy atom. The van der Waals surface area contributed by atoms with Gasteiger partial charge in [-0.3, -0.25) is 4.79 Å². The highest BCUT2D eigenvalue weighted by Crippen LogP contribution is 2.13. The van der Waals surface area contributed by atoms with Crippen molar-refractivity contribution < 1.29 is 9.53 Å². The molecule has 1 atom stereocenters. The summed E-state index contributed by atoms with van der Waals surface area (Å²) in [4.78, 5) is 14.0. The van der Waals surface area contributed by atoms with E-state index in [0.717, 1.165) is 19.5 Å². The highest BCUT2D eigenvalue weighted by atomic mass is 16.5. The van der Waals surface area contributed by atoms with Crippen molar-refractivity contribution in [2.45, 2.75) is 26.3 Å². The highest BCUT2D eigenvalue weighted by Gasteiger charge is 2.28. The summed E-state index contributed by atoms with van der Waals surface area (Å²) in [5.74, 6) is 0.441. The SMILES string of the molecule is COCCN(C(=O)C1CCNC1)C(C)C. The molecule has 1 saturated heterocycles. The molecule has 0 aromatic heterocycles. The molecule has 4 heteroatoms. The number of hydrogen-bond donors (Lipinski definition) is 1. The van der Waals surface area contributed by atoms with E-state index in [1.807, 2.05) is 4.90 Å². The number of amides is 1. The summed E-state index contributed by atoms with van der Waals surface area (Å²) in [7, 11) is 1.67. The van der Waals surface area contributed by atoms with Gasteiger partial charge >= 0.3 is 0 Å². The lowest BCUT2D eigenvalue weighted by molar-refractivity contribution is -0.137. The third kappa shape index (κ3) is 3.47. The van der Waals surface area contributed by atoms with Gasteiger partial charge in [-0.05, 0) is 26.8 Å². The second-order valence-corrected chi connectivity index (χ2v) is 4.31. The van der Waals surface area contributed by atoms with Gasteiger partial charge in [-0.2, -0.15) is 0 Å². The molecule has 4 nitrogen and oxygen atoms in total. The van der Waals surface area contributed by atoms with Gasteiger partial charge < -0.3 is 15.0 Å². The van der Waals surface area contributed by atoms with Crippen molar-refractivity contribution in [3.05, 3.63) is 0 Å². The van der Waals surface area contributed by atoms with Crippen LogP contribution in [0.1, 0.15) is 20.3 Å². The molecule has 0 spiro atoms. The number of carbonyl (C=O) groups excluding carboxylic acids is 1. The van der Waals surface area contributed by atoms with Gasteiger partial charge in [0.15, 0.2) is 0 Å². The minimum absolute atomic E-state index is 0.171. The van der Waals surface area contributed by atoms with E-state index >= 15 is 0 Å². The fraction of sp³-hybridized carbons (Fsp3) is 0.909. The van der Waals surface area contributed by atoms with Crippen LogP contribution < -0.4 is 5.32 Å². The van der Waals surface area contributed by atoms with Crippen molar-refractivity contribution in [3.63, 3.8) is 0 Å². The Balaban J connectivity index is 2.49. The third-order valence-corrected chi connectivity index (χ3v) is 2.85. The number of nitrogens with zero attached hydrogens (tertiary/aromatic N) is 1. The van der Waals surface area contributed by atoms with E-state index < -0.39 is 0 Å². The van der Waals surface area contributed by atoms with Crippen molar-refractivity contribution in [2.75, 3.05) is 33.4 Å². The first-order valence-electron chi connectivity index (χ1n) is 5.67. The van der Waals surface area contributed by atoms with E-state index in [9.17, 15) is 4.79 Å². The Hall–Kier alpha value is -0.610. The van der Waals surface area contributed by atoms with Crippen LogP contribution in [0.4, 0.5) is 0 Å². The number of rotatable bonds is 5. The zero-order valence-electron chi connectivity index (χ0n) is 9.95. The van der Waals surface area contributed by atoms with Crippen molar-refractivity contribution >= 4 is 5.91 Å². The van der Waals surface area contributed by atoms with E-state index in [1.165, 1.54) is 0 Å². The Morgan fingerprint density at radius 1 is 1.60 bits per heavy atom.